The van der Waals surface area contributed by atoms with Crippen molar-refractivity contribution in [3.8, 4) is 11.5 Å². The van der Waals surface area contributed by atoms with Crippen molar-refractivity contribution in [2.45, 2.75) is 6.61 Å². The molecular weight excluding hydrogens is 282 g/mol. The third-order valence-corrected chi connectivity index (χ3v) is 2.66. The van der Waals surface area contributed by atoms with Crippen LogP contribution in [-0.2, 0) is 0 Å². The average Bonchev–Trinajstić information content (AvgIpc) is 2.46. The van der Waals surface area contributed by atoms with Gasteiger partial charge in [-0.25, -0.2) is 0 Å². The number of phenolic OH excluding ortho intramolecular Hbond substituents is 1. The van der Waals surface area contributed by atoms with Crippen molar-refractivity contribution in [1.82, 2.24) is 0 Å². The van der Waals surface area contributed by atoms with Gasteiger partial charge in [-0.3, -0.25) is 9.59 Å². The van der Waals surface area contributed by atoms with Crippen LogP contribution in [0, 0.1) is 0 Å². The third-order valence-electron chi connectivity index (χ3n) is 2.66. The molecule has 2 rings (SSSR count). The average molecular weight is 292 g/mol. The highest BCUT2D eigenvalue weighted by Gasteiger charge is 2.18. The predicted octanol–water partition coefficient (Wildman–Crippen LogP) is 3.06. The van der Waals surface area contributed by atoms with E-state index in [-0.39, 0.29) is 22.6 Å². The van der Waals surface area contributed by atoms with Crippen molar-refractivity contribution in [2.75, 3.05) is 0 Å². The Morgan fingerprint density at radius 3 is 2.14 bits per heavy atom. The summed E-state index contributed by atoms with van der Waals surface area (Å²) in [5.41, 5.74) is 0.0952. The minimum absolute atomic E-state index is 0.0463. The fourth-order valence-electron chi connectivity index (χ4n) is 1.70. The Morgan fingerprint density at radius 1 is 0.952 bits per heavy atom. The number of aromatic hydroxyl groups is 1. The number of alkyl halides is 2. The smallest absolute Gasteiger partial charge is 0.387 e. The molecule has 0 aliphatic carbocycles. The van der Waals surface area contributed by atoms with E-state index in [1.165, 1.54) is 48.5 Å². The molecule has 0 atom stereocenters. The molecule has 0 radical (unpaired) electrons. The molecule has 0 aliphatic heterocycles. The number of phenols is 1. The zero-order chi connectivity index (χ0) is 15.4. The van der Waals surface area contributed by atoms with Gasteiger partial charge in [0.25, 0.3) is 0 Å². The number of carbonyl (C=O) groups is 2. The molecule has 2 aromatic carbocycles. The highest BCUT2D eigenvalue weighted by Crippen LogP contribution is 2.17. The lowest BCUT2D eigenvalue weighted by atomic mass is 10.0. The second-order valence-corrected chi connectivity index (χ2v) is 4.11. The van der Waals surface area contributed by atoms with E-state index in [0.717, 1.165) is 0 Å². The maximum atomic E-state index is 12.0. The topological polar surface area (TPSA) is 63.6 Å². The molecule has 0 amide bonds. The van der Waals surface area contributed by atoms with Gasteiger partial charge < -0.3 is 9.84 Å². The van der Waals surface area contributed by atoms with Crippen LogP contribution in [0.2, 0.25) is 0 Å². The third kappa shape index (κ3) is 3.62. The lowest BCUT2D eigenvalue weighted by molar-refractivity contribution is -0.0498. The summed E-state index contributed by atoms with van der Waals surface area (Å²) in [6.45, 7) is -2.96. The number of hydrogen-bond acceptors (Lipinski definition) is 4. The quantitative estimate of drug-likeness (QED) is 0.679. The van der Waals surface area contributed by atoms with Gasteiger partial charge in [-0.15, -0.1) is 0 Å². The zero-order valence-electron chi connectivity index (χ0n) is 10.6. The van der Waals surface area contributed by atoms with E-state index in [4.69, 9.17) is 0 Å². The van der Waals surface area contributed by atoms with Crippen LogP contribution in [0.25, 0.3) is 0 Å². The van der Waals surface area contributed by atoms with Gasteiger partial charge in [0, 0.05) is 11.1 Å². The van der Waals surface area contributed by atoms with E-state index in [0.29, 0.717) is 0 Å². The minimum atomic E-state index is -2.96. The minimum Gasteiger partial charge on any atom is -0.508 e. The molecule has 4 nitrogen and oxygen atoms in total. The summed E-state index contributed by atoms with van der Waals surface area (Å²) < 4.78 is 28.1. The molecule has 108 valence electrons. The van der Waals surface area contributed by atoms with Crippen LogP contribution in [0.4, 0.5) is 8.78 Å². The summed E-state index contributed by atoms with van der Waals surface area (Å²) in [6.07, 6.45) is 0. The van der Waals surface area contributed by atoms with Crippen molar-refractivity contribution in [2.24, 2.45) is 0 Å². The molecule has 0 heterocycles. The van der Waals surface area contributed by atoms with E-state index in [9.17, 15) is 23.5 Å². The number of carbonyl (C=O) groups excluding carboxylic acids is 2. The van der Waals surface area contributed by atoms with Gasteiger partial charge in [-0.1, -0.05) is 12.1 Å². The van der Waals surface area contributed by atoms with E-state index >= 15 is 0 Å². The number of rotatable bonds is 5. The Bertz CT molecular complexity index is 666. The van der Waals surface area contributed by atoms with Crippen LogP contribution in [0.15, 0.2) is 48.5 Å². The predicted molar refractivity (Wildman–Crippen MR) is 69.8 cm³/mol. The number of Topliss-reactive ketones (excluding diaryl/α,β-unsaturated/α-hetero) is 2. The molecule has 0 aliphatic rings. The SMILES string of the molecule is O=C(C(=O)c1cccc(O)c1)c1ccc(OC(F)F)cc1. The summed E-state index contributed by atoms with van der Waals surface area (Å²) in [5.74, 6) is -1.83. The van der Waals surface area contributed by atoms with Gasteiger partial charge in [0.1, 0.15) is 11.5 Å². The molecule has 1 N–H and O–H groups in total. The molecule has 0 saturated carbocycles. The van der Waals surface area contributed by atoms with Crippen LogP contribution >= 0.6 is 0 Å². The molecule has 0 fully saturated rings. The lowest BCUT2D eigenvalue weighted by Crippen LogP contribution is -2.14. The first kappa shape index (κ1) is 14.6. The highest BCUT2D eigenvalue weighted by atomic mass is 19.3. The number of ketones is 2. The monoisotopic (exact) mass is 292 g/mol. The first-order valence-electron chi connectivity index (χ1n) is 5.90. The standard InChI is InChI=1S/C15H10F2O4/c16-15(17)21-12-6-4-9(5-7-12)13(19)14(20)10-2-1-3-11(18)8-10/h1-8,15,18H. The summed E-state index contributed by atoms with van der Waals surface area (Å²) in [4.78, 5) is 23.9. The molecule has 0 spiro atoms. The first-order chi connectivity index (χ1) is 9.97. The Morgan fingerprint density at radius 2 is 1.57 bits per heavy atom. The van der Waals surface area contributed by atoms with Crippen LogP contribution in [0.5, 0.6) is 11.5 Å². The van der Waals surface area contributed by atoms with Crippen molar-refractivity contribution >= 4 is 11.6 Å². The van der Waals surface area contributed by atoms with E-state index in [1.807, 2.05) is 0 Å². The van der Waals surface area contributed by atoms with E-state index in [1.54, 1.807) is 0 Å². The van der Waals surface area contributed by atoms with Crippen LogP contribution in [-0.4, -0.2) is 23.3 Å². The second-order valence-electron chi connectivity index (χ2n) is 4.11. The molecular formula is C15H10F2O4. The Balaban J connectivity index is 2.18. The largest absolute Gasteiger partial charge is 0.508 e. The van der Waals surface area contributed by atoms with Gasteiger partial charge in [-0.05, 0) is 36.4 Å². The molecule has 0 aromatic heterocycles. The molecule has 0 saturated heterocycles. The lowest BCUT2D eigenvalue weighted by Gasteiger charge is -2.05. The molecule has 21 heavy (non-hydrogen) atoms. The molecule has 6 heteroatoms. The summed E-state index contributed by atoms with van der Waals surface area (Å²) in [7, 11) is 0. The number of hydrogen-bond donors (Lipinski definition) is 1. The summed E-state index contributed by atoms with van der Waals surface area (Å²) in [6, 6.07) is 10.2. The van der Waals surface area contributed by atoms with E-state index < -0.39 is 18.2 Å². The second kappa shape index (κ2) is 6.13. The van der Waals surface area contributed by atoms with Crippen molar-refractivity contribution in [3.63, 3.8) is 0 Å². The molecule has 0 unspecified atom stereocenters. The Kier molecular flexibility index (Phi) is 4.27. The normalized spacial score (nSPS) is 10.4. The van der Waals surface area contributed by atoms with Gasteiger partial charge in [-0.2, -0.15) is 8.78 Å². The number of halogens is 2. The van der Waals surface area contributed by atoms with Crippen LogP contribution < -0.4 is 4.74 Å². The van der Waals surface area contributed by atoms with Crippen molar-refractivity contribution in [1.29, 1.82) is 0 Å². The van der Waals surface area contributed by atoms with Crippen molar-refractivity contribution < 1.29 is 28.2 Å². The molecule has 2 aromatic rings. The van der Waals surface area contributed by atoms with Gasteiger partial charge in [0.2, 0.25) is 11.6 Å². The van der Waals surface area contributed by atoms with Crippen LogP contribution in [0.1, 0.15) is 20.7 Å². The first-order valence-corrected chi connectivity index (χ1v) is 5.90. The fraction of sp³-hybridized carbons (Fsp3) is 0.0667. The molecule has 0 bridgehead atoms. The summed E-state index contributed by atoms with van der Waals surface area (Å²) in [5, 5.41) is 9.28. The highest BCUT2D eigenvalue weighted by molar-refractivity contribution is 6.49. The summed E-state index contributed by atoms with van der Waals surface area (Å²) >= 11 is 0. The Hall–Kier alpha value is -2.76. The maximum absolute atomic E-state index is 12.0. The number of benzene rings is 2. The maximum Gasteiger partial charge on any atom is 0.387 e. The Labute approximate surface area is 118 Å². The van der Waals surface area contributed by atoms with E-state index in [2.05, 4.69) is 4.74 Å². The zero-order valence-corrected chi connectivity index (χ0v) is 10.6. The number of ether oxygens (including phenoxy) is 1. The van der Waals surface area contributed by atoms with Gasteiger partial charge in [0.15, 0.2) is 0 Å². The van der Waals surface area contributed by atoms with Gasteiger partial charge >= 0.3 is 6.61 Å². The van der Waals surface area contributed by atoms with Crippen LogP contribution in [0.3, 0.4) is 0 Å². The van der Waals surface area contributed by atoms with Gasteiger partial charge in [0.05, 0.1) is 0 Å². The fourth-order valence-corrected chi connectivity index (χ4v) is 1.70. The van der Waals surface area contributed by atoms with Crippen molar-refractivity contribution in [3.05, 3.63) is 59.7 Å².